The lowest BCUT2D eigenvalue weighted by Gasteiger charge is -2.34. The highest BCUT2D eigenvalue weighted by molar-refractivity contribution is 5.36. The van der Waals surface area contributed by atoms with Crippen molar-refractivity contribution in [2.75, 3.05) is 20.8 Å². The minimum atomic E-state index is -0.634. The molecule has 0 aliphatic heterocycles. The van der Waals surface area contributed by atoms with E-state index < -0.39 is 5.60 Å². The maximum Gasteiger partial charge on any atom is 0.149 e. The Morgan fingerprint density at radius 3 is 2.69 bits per heavy atom. The van der Waals surface area contributed by atoms with Gasteiger partial charge in [-0.1, -0.05) is 30.0 Å². The molecule has 0 radical (unpaired) electrons. The van der Waals surface area contributed by atoms with E-state index in [0.717, 1.165) is 30.4 Å². The van der Waals surface area contributed by atoms with Crippen molar-refractivity contribution in [3.05, 3.63) is 65.5 Å². The Labute approximate surface area is 154 Å². The summed E-state index contributed by atoms with van der Waals surface area (Å²) in [5, 5.41) is 0. The van der Waals surface area contributed by atoms with Gasteiger partial charge in [-0.25, -0.2) is 4.39 Å². The minimum absolute atomic E-state index is 0.0972. The maximum absolute atomic E-state index is 14.2. The van der Waals surface area contributed by atoms with Crippen LogP contribution in [0.4, 0.5) is 4.39 Å². The molecule has 2 aromatic carbocycles. The van der Waals surface area contributed by atoms with E-state index in [2.05, 4.69) is 11.8 Å². The molecule has 2 aromatic rings. The summed E-state index contributed by atoms with van der Waals surface area (Å²) >= 11 is 0. The second-order valence-corrected chi connectivity index (χ2v) is 6.34. The quantitative estimate of drug-likeness (QED) is 0.750. The van der Waals surface area contributed by atoms with Gasteiger partial charge in [-0.3, -0.25) is 0 Å². The van der Waals surface area contributed by atoms with Crippen LogP contribution >= 0.6 is 0 Å². The van der Waals surface area contributed by atoms with Crippen LogP contribution in [0.5, 0.6) is 5.75 Å². The standard InChI is InChI=1S/C22H23FO3/c1-24-21-11-6-12-22(21,25-2)18-14-19(23)16-20(15-18)26-13-7-10-17-8-4-3-5-9-17/h3-5,8-9,14-16,21H,6,11-13H2,1-2H3. The molecule has 136 valence electrons. The molecule has 3 rings (SSSR count). The first-order valence-electron chi connectivity index (χ1n) is 8.73. The highest BCUT2D eigenvalue weighted by Crippen LogP contribution is 2.44. The van der Waals surface area contributed by atoms with Crippen LogP contribution in [0, 0.1) is 17.7 Å². The lowest BCUT2D eigenvalue weighted by molar-refractivity contribution is -0.104. The molecule has 1 fully saturated rings. The third-order valence-corrected chi connectivity index (χ3v) is 4.86. The van der Waals surface area contributed by atoms with Gasteiger partial charge in [-0.2, -0.15) is 0 Å². The second-order valence-electron chi connectivity index (χ2n) is 6.34. The molecular formula is C22H23FO3. The van der Waals surface area contributed by atoms with Crippen molar-refractivity contribution in [2.24, 2.45) is 0 Å². The summed E-state index contributed by atoms with van der Waals surface area (Å²) in [5.41, 5.74) is 1.03. The molecule has 0 saturated heterocycles. The van der Waals surface area contributed by atoms with Gasteiger partial charge in [0.05, 0.1) is 6.10 Å². The fraction of sp³-hybridized carbons (Fsp3) is 0.364. The number of hydrogen-bond donors (Lipinski definition) is 0. The summed E-state index contributed by atoms with van der Waals surface area (Å²) in [7, 11) is 3.31. The summed E-state index contributed by atoms with van der Waals surface area (Å²) in [5.74, 6) is 6.06. The van der Waals surface area contributed by atoms with E-state index in [0.29, 0.717) is 5.75 Å². The Morgan fingerprint density at radius 2 is 1.96 bits per heavy atom. The van der Waals surface area contributed by atoms with Gasteiger partial charge in [-0.05, 0) is 49.1 Å². The van der Waals surface area contributed by atoms with Gasteiger partial charge < -0.3 is 14.2 Å². The summed E-state index contributed by atoms with van der Waals surface area (Å²) in [6.45, 7) is 0.186. The van der Waals surface area contributed by atoms with Gasteiger partial charge in [-0.15, -0.1) is 0 Å². The van der Waals surface area contributed by atoms with Crippen LogP contribution in [-0.2, 0) is 15.1 Å². The molecular weight excluding hydrogens is 331 g/mol. The fourth-order valence-electron chi connectivity index (χ4n) is 3.60. The van der Waals surface area contributed by atoms with Crippen molar-refractivity contribution >= 4 is 0 Å². The van der Waals surface area contributed by atoms with Crippen LogP contribution in [0.3, 0.4) is 0 Å². The topological polar surface area (TPSA) is 27.7 Å². The zero-order valence-corrected chi connectivity index (χ0v) is 15.1. The Bertz CT molecular complexity index is 794. The molecule has 0 amide bonds. The monoisotopic (exact) mass is 354 g/mol. The van der Waals surface area contributed by atoms with Gasteiger partial charge >= 0.3 is 0 Å². The molecule has 0 heterocycles. The van der Waals surface area contributed by atoms with Crippen LogP contribution in [0.2, 0.25) is 0 Å². The molecule has 2 unspecified atom stereocenters. The van der Waals surface area contributed by atoms with Crippen LogP contribution in [0.15, 0.2) is 48.5 Å². The van der Waals surface area contributed by atoms with E-state index in [-0.39, 0.29) is 18.5 Å². The molecule has 0 bridgehead atoms. The highest BCUT2D eigenvalue weighted by Gasteiger charge is 2.45. The summed E-state index contributed by atoms with van der Waals surface area (Å²) < 4.78 is 31.2. The first kappa shape index (κ1) is 18.4. The lowest BCUT2D eigenvalue weighted by Crippen LogP contribution is -2.38. The first-order chi connectivity index (χ1) is 12.7. The summed E-state index contributed by atoms with van der Waals surface area (Å²) in [4.78, 5) is 0. The van der Waals surface area contributed by atoms with Gasteiger partial charge in [0.1, 0.15) is 23.8 Å². The molecule has 1 aliphatic carbocycles. The van der Waals surface area contributed by atoms with Crippen LogP contribution < -0.4 is 4.74 Å². The molecule has 4 heteroatoms. The van der Waals surface area contributed by atoms with Crippen molar-refractivity contribution in [3.8, 4) is 17.6 Å². The van der Waals surface area contributed by atoms with E-state index in [9.17, 15) is 4.39 Å². The molecule has 26 heavy (non-hydrogen) atoms. The molecule has 0 aromatic heterocycles. The second kappa shape index (κ2) is 8.35. The first-order valence-corrected chi connectivity index (χ1v) is 8.73. The third kappa shape index (κ3) is 3.90. The highest BCUT2D eigenvalue weighted by atomic mass is 19.1. The number of benzene rings is 2. The third-order valence-electron chi connectivity index (χ3n) is 4.86. The molecule has 0 spiro atoms. The molecule has 1 aliphatic rings. The zero-order valence-electron chi connectivity index (χ0n) is 15.1. The zero-order chi connectivity index (χ0) is 18.4. The van der Waals surface area contributed by atoms with Crippen molar-refractivity contribution < 1.29 is 18.6 Å². The molecule has 0 N–H and O–H groups in total. The number of halogens is 1. The molecule has 3 nitrogen and oxygen atoms in total. The number of methoxy groups -OCH3 is 2. The van der Waals surface area contributed by atoms with E-state index in [1.54, 1.807) is 14.2 Å². The number of ether oxygens (including phenoxy) is 3. The van der Waals surface area contributed by atoms with Gasteiger partial charge in [0.15, 0.2) is 0 Å². The normalized spacial score (nSPS) is 21.9. The van der Waals surface area contributed by atoms with Gasteiger partial charge in [0.2, 0.25) is 0 Å². The largest absolute Gasteiger partial charge is 0.481 e. The average molecular weight is 354 g/mol. The lowest BCUT2D eigenvalue weighted by atomic mass is 9.89. The number of hydrogen-bond acceptors (Lipinski definition) is 3. The molecule has 1 saturated carbocycles. The predicted molar refractivity (Wildman–Crippen MR) is 98.6 cm³/mol. The Kier molecular flexibility index (Phi) is 5.92. The van der Waals surface area contributed by atoms with E-state index in [4.69, 9.17) is 14.2 Å². The van der Waals surface area contributed by atoms with Crippen LogP contribution in [0.1, 0.15) is 30.4 Å². The molecule has 2 atom stereocenters. The van der Waals surface area contributed by atoms with Gasteiger partial charge in [0, 0.05) is 25.8 Å². The Hall–Kier alpha value is -2.35. The van der Waals surface area contributed by atoms with E-state index >= 15 is 0 Å². The number of rotatable bonds is 5. The SMILES string of the molecule is COC1CCCC1(OC)c1cc(F)cc(OCC#Cc2ccccc2)c1. The van der Waals surface area contributed by atoms with Crippen LogP contribution in [-0.4, -0.2) is 26.9 Å². The van der Waals surface area contributed by atoms with Crippen LogP contribution in [0.25, 0.3) is 0 Å². The van der Waals surface area contributed by atoms with Crippen molar-refractivity contribution in [1.82, 2.24) is 0 Å². The maximum atomic E-state index is 14.2. The van der Waals surface area contributed by atoms with Crippen molar-refractivity contribution in [1.29, 1.82) is 0 Å². The van der Waals surface area contributed by atoms with Gasteiger partial charge in [0.25, 0.3) is 0 Å². The average Bonchev–Trinajstić information content (AvgIpc) is 3.10. The summed E-state index contributed by atoms with van der Waals surface area (Å²) in [6, 6.07) is 14.4. The Morgan fingerprint density at radius 1 is 1.15 bits per heavy atom. The van der Waals surface area contributed by atoms with Crippen molar-refractivity contribution in [3.63, 3.8) is 0 Å². The minimum Gasteiger partial charge on any atom is -0.481 e. The fourth-order valence-corrected chi connectivity index (χ4v) is 3.60. The van der Waals surface area contributed by atoms with Crippen molar-refractivity contribution in [2.45, 2.75) is 31.0 Å². The smallest absolute Gasteiger partial charge is 0.149 e. The Balaban J connectivity index is 1.77. The predicted octanol–water partition coefficient (Wildman–Crippen LogP) is 4.30. The summed E-state index contributed by atoms with van der Waals surface area (Å²) in [6.07, 6.45) is 2.56. The van der Waals surface area contributed by atoms with E-state index in [1.807, 2.05) is 36.4 Å². The van der Waals surface area contributed by atoms with E-state index in [1.165, 1.54) is 12.1 Å².